The predicted octanol–water partition coefficient (Wildman–Crippen LogP) is 2.82. The van der Waals surface area contributed by atoms with E-state index in [1.165, 1.54) is 0 Å². The fraction of sp³-hybridized carbons (Fsp3) is 0.714. The van der Waals surface area contributed by atoms with E-state index >= 15 is 0 Å². The highest BCUT2D eigenvalue weighted by Crippen LogP contribution is 2.13. The molecule has 0 bridgehead atoms. The Morgan fingerprint density at radius 2 is 2.10 bits per heavy atom. The second-order valence-electron chi connectivity index (χ2n) is 2.04. The van der Waals surface area contributed by atoms with Crippen molar-refractivity contribution in [2.45, 2.75) is 29.6 Å². The van der Waals surface area contributed by atoms with Crippen LogP contribution in [-0.4, -0.2) is 14.9 Å². The van der Waals surface area contributed by atoms with E-state index in [2.05, 4.69) is 38.8 Å². The molecule has 0 aliphatic rings. The zero-order chi connectivity index (χ0) is 7.98. The van der Waals surface area contributed by atoms with Gasteiger partial charge in [-0.2, -0.15) is 0 Å². The molecule has 0 unspecified atom stereocenters. The molecule has 0 radical (unpaired) electrons. The molecule has 0 aliphatic carbocycles. The van der Waals surface area contributed by atoms with Crippen LogP contribution < -0.4 is 0 Å². The van der Waals surface area contributed by atoms with Gasteiger partial charge in [0.1, 0.15) is 0 Å². The molecule has 0 aromatic carbocycles. The van der Waals surface area contributed by atoms with Gasteiger partial charge < -0.3 is 5.11 Å². The van der Waals surface area contributed by atoms with Crippen molar-refractivity contribution < 1.29 is 5.11 Å². The molecule has 0 spiro atoms. The van der Waals surface area contributed by atoms with Crippen LogP contribution in [-0.2, 0) is 0 Å². The lowest BCUT2D eigenvalue weighted by Crippen LogP contribution is -2.10. The van der Waals surface area contributed by atoms with E-state index in [4.69, 9.17) is 0 Å². The summed E-state index contributed by atoms with van der Waals surface area (Å²) >= 11 is 6.41. The first-order valence-corrected chi connectivity index (χ1v) is 5.14. The van der Waals surface area contributed by atoms with Gasteiger partial charge in [0.25, 0.3) is 0 Å². The first-order chi connectivity index (χ1) is 4.68. The average molecular weight is 272 g/mol. The maximum Gasteiger partial charge on any atom is 0.0991 e. The number of hydrogen-bond donors (Lipinski definition) is 1. The molecular weight excluding hydrogens is 260 g/mol. The van der Waals surface area contributed by atoms with E-state index in [9.17, 15) is 5.11 Å². The molecule has 0 aliphatic heterocycles. The highest BCUT2D eigenvalue weighted by molar-refractivity contribution is 9.24. The second kappa shape index (κ2) is 6.38. The van der Waals surface area contributed by atoms with Crippen molar-refractivity contribution in [1.29, 1.82) is 0 Å². The SMILES string of the molecule is CCC/C=C/[C@H](O)C(Br)Br. The maximum atomic E-state index is 9.17. The number of hydrogen-bond acceptors (Lipinski definition) is 1. The Labute approximate surface area is 78.8 Å². The van der Waals surface area contributed by atoms with Crippen molar-refractivity contribution >= 4 is 31.9 Å². The van der Waals surface area contributed by atoms with Gasteiger partial charge in [0, 0.05) is 0 Å². The minimum Gasteiger partial charge on any atom is -0.387 e. The molecule has 0 aromatic heterocycles. The Hall–Kier alpha value is 0.660. The third-order valence-electron chi connectivity index (χ3n) is 1.05. The van der Waals surface area contributed by atoms with Crippen LogP contribution in [0.25, 0.3) is 0 Å². The lowest BCUT2D eigenvalue weighted by molar-refractivity contribution is 0.243. The zero-order valence-electron chi connectivity index (χ0n) is 5.93. The second-order valence-corrected chi connectivity index (χ2v) is 5.24. The molecule has 10 heavy (non-hydrogen) atoms. The van der Waals surface area contributed by atoms with Crippen molar-refractivity contribution in [3.05, 3.63) is 12.2 Å². The Morgan fingerprint density at radius 1 is 1.50 bits per heavy atom. The monoisotopic (exact) mass is 270 g/mol. The first kappa shape index (κ1) is 10.7. The third-order valence-corrected chi connectivity index (χ3v) is 2.13. The van der Waals surface area contributed by atoms with Crippen molar-refractivity contribution in [2.75, 3.05) is 0 Å². The molecule has 0 rings (SSSR count). The molecule has 1 atom stereocenters. The summed E-state index contributed by atoms with van der Waals surface area (Å²) in [4.78, 5) is 0. The fourth-order valence-corrected chi connectivity index (χ4v) is 0.839. The predicted molar refractivity (Wildman–Crippen MR) is 51.7 cm³/mol. The van der Waals surface area contributed by atoms with Crippen molar-refractivity contribution in [1.82, 2.24) is 0 Å². The lowest BCUT2D eigenvalue weighted by atomic mass is 10.3. The molecule has 1 nitrogen and oxygen atoms in total. The summed E-state index contributed by atoms with van der Waals surface area (Å²) < 4.78 is -0.0342. The number of allylic oxidation sites excluding steroid dienone is 1. The molecule has 1 N–H and O–H groups in total. The van der Waals surface area contributed by atoms with E-state index in [0.29, 0.717) is 0 Å². The number of unbranched alkanes of at least 4 members (excludes halogenated alkanes) is 1. The molecule has 0 aromatic rings. The van der Waals surface area contributed by atoms with Crippen molar-refractivity contribution in [3.63, 3.8) is 0 Å². The summed E-state index contributed by atoms with van der Waals surface area (Å²) in [5.74, 6) is 0. The van der Waals surface area contributed by atoms with Gasteiger partial charge in [-0.15, -0.1) is 0 Å². The van der Waals surface area contributed by atoms with Crippen molar-refractivity contribution in [2.24, 2.45) is 0 Å². The van der Waals surface area contributed by atoms with Crippen LogP contribution in [0.5, 0.6) is 0 Å². The number of aliphatic hydroxyl groups is 1. The number of rotatable bonds is 4. The standard InChI is InChI=1S/C7H12Br2O/c1-2-3-4-5-6(10)7(8)9/h4-7,10H,2-3H2,1H3/b5-4+/t6-/m0/s1. The summed E-state index contributed by atoms with van der Waals surface area (Å²) in [6, 6.07) is 0. The van der Waals surface area contributed by atoms with Crippen LogP contribution in [0.4, 0.5) is 0 Å². The molecule has 0 saturated carbocycles. The van der Waals surface area contributed by atoms with Crippen LogP contribution in [0.2, 0.25) is 0 Å². The minimum absolute atomic E-state index is 0.0342. The van der Waals surface area contributed by atoms with Crippen molar-refractivity contribution in [3.8, 4) is 0 Å². The Bertz CT molecular complexity index is 102. The minimum atomic E-state index is -0.424. The normalized spacial score (nSPS) is 14.9. The lowest BCUT2D eigenvalue weighted by Gasteiger charge is -2.04. The van der Waals surface area contributed by atoms with Crippen LogP contribution in [0.1, 0.15) is 19.8 Å². The van der Waals surface area contributed by atoms with Crippen LogP contribution in [0.3, 0.4) is 0 Å². The van der Waals surface area contributed by atoms with Crippen LogP contribution in [0.15, 0.2) is 12.2 Å². The van der Waals surface area contributed by atoms with E-state index in [-0.39, 0.29) is 3.74 Å². The summed E-state index contributed by atoms with van der Waals surface area (Å²) in [5, 5.41) is 9.17. The van der Waals surface area contributed by atoms with E-state index < -0.39 is 6.10 Å². The Kier molecular flexibility index (Phi) is 6.80. The quantitative estimate of drug-likeness (QED) is 0.616. The molecule has 0 fully saturated rings. The van der Waals surface area contributed by atoms with Gasteiger partial charge in [-0.3, -0.25) is 0 Å². The molecular formula is C7H12Br2O. The number of aliphatic hydroxyl groups excluding tert-OH is 1. The highest BCUT2D eigenvalue weighted by atomic mass is 79.9. The fourth-order valence-electron chi connectivity index (χ4n) is 0.486. The maximum absolute atomic E-state index is 9.17. The van der Waals surface area contributed by atoms with E-state index in [0.717, 1.165) is 12.8 Å². The molecule has 0 saturated heterocycles. The summed E-state index contributed by atoms with van der Waals surface area (Å²) in [7, 11) is 0. The molecule has 60 valence electrons. The van der Waals surface area contributed by atoms with Gasteiger partial charge in [-0.25, -0.2) is 0 Å². The van der Waals surface area contributed by atoms with E-state index in [1.807, 2.05) is 6.08 Å². The van der Waals surface area contributed by atoms with Crippen LogP contribution in [0, 0.1) is 0 Å². The van der Waals surface area contributed by atoms with Crippen LogP contribution >= 0.6 is 31.9 Å². The van der Waals surface area contributed by atoms with Gasteiger partial charge in [-0.1, -0.05) is 57.4 Å². The van der Waals surface area contributed by atoms with Gasteiger partial charge in [0.05, 0.1) is 9.84 Å². The number of halogens is 2. The summed E-state index contributed by atoms with van der Waals surface area (Å²) in [5.41, 5.74) is 0. The highest BCUT2D eigenvalue weighted by Gasteiger charge is 2.06. The molecule has 0 heterocycles. The zero-order valence-corrected chi connectivity index (χ0v) is 9.10. The van der Waals surface area contributed by atoms with Gasteiger partial charge in [-0.05, 0) is 6.42 Å². The molecule has 3 heteroatoms. The van der Waals surface area contributed by atoms with Gasteiger partial charge >= 0.3 is 0 Å². The topological polar surface area (TPSA) is 20.2 Å². The smallest absolute Gasteiger partial charge is 0.0991 e. The summed E-state index contributed by atoms with van der Waals surface area (Å²) in [6.07, 6.45) is 5.51. The molecule has 0 amide bonds. The third kappa shape index (κ3) is 5.45. The largest absolute Gasteiger partial charge is 0.387 e. The van der Waals surface area contributed by atoms with Gasteiger partial charge in [0.15, 0.2) is 0 Å². The number of alkyl halides is 2. The first-order valence-electron chi connectivity index (χ1n) is 3.31. The van der Waals surface area contributed by atoms with E-state index in [1.54, 1.807) is 6.08 Å². The Balaban J connectivity index is 3.45. The summed E-state index contributed by atoms with van der Waals surface area (Å²) in [6.45, 7) is 2.11. The Morgan fingerprint density at radius 3 is 2.50 bits per heavy atom. The average Bonchev–Trinajstić information content (AvgIpc) is 1.88. The van der Waals surface area contributed by atoms with Gasteiger partial charge in [0.2, 0.25) is 0 Å².